The number of aromatic nitrogens is 4. The second-order valence-electron chi connectivity index (χ2n) is 5.32. The van der Waals surface area contributed by atoms with Gasteiger partial charge in [0.2, 0.25) is 10.0 Å². The van der Waals surface area contributed by atoms with E-state index >= 15 is 0 Å². The first-order chi connectivity index (χ1) is 11.8. The van der Waals surface area contributed by atoms with E-state index in [0.29, 0.717) is 12.4 Å². The first-order valence-electron chi connectivity index (χ1n) is 7.41. The Morgan fingerprint density at radius 2 is 2.08 bits per heavy atom. The fraction of sp³-hybridized carbons (Fsp3) is 0.429. The van der Waals surface area contributed by atoms with Gasteiger partial charge in [-0.25, -0.2) is 26.6 Å². The highest BCUT2D eigenvalue weighted by Gasteiger charge is 2.22. The average Bonchev–Trinajstić information content (AvgIpc) is 3.00. The zero-order valence-corrected chi connectivity index (χ0v) is 14.8. The lowest BCUT2D eigenvalue weighted by Gasteiger charge is -2.12. The molecule has 0 bridgehead atoms. The number of carbonyl (C=O) groups excluding carboxylic acids is 1. The molecule has 0 aliphatic heterocycles. The van der Waals surface area contributed by atoms with Crippen molar-refractivity contribution in [1.82, 2.24) is 24.5 Å². The molecule has 0 N–H and O–H groups in total. The van der Waals surface area contributed by atoms with Crippen molar-refractivity contribution in [2.24, 2.45) is 0 Å². The lowest BCUT2D eigenvalue weighted by atomic mass is 10.2. The molecule has 0 radical (unpaired) electrons. The van der Waals surface area contributed by atoms with Gasteiger partial charge in [-0.2, -0.15) is 0 Å². The summed E-state index contributed by atoms with van der Waals surface area (Å²) in [5.41, 5.74) is -0.475. The molecule has 11 heteroatoms. The van der Waals surface area contributed by atoms with Gasteiger partial charge in [0, 0.05) is 20.6 Å². The monoisotopic (exact) mass is 371 g/mol. The summed E-state index contributed by atoms with van der Waals surface area (Å²) in [5, 5.41) is 11.0. The fourth-order valence-corrected chi connectivity index (χ4v) is 2.88. The Bertz CT molecular complexity index is 866. The van der Waals surface area contributed by atoms with E-state index < -0.39 is 27.4 Å². The Balaban J connectivity index is 2.20. The van der Waals surface area contributed by atoms with Crippen LogP contribution in [0.15, 0.2) is 23.1 Å². The van der Waals surface area contributed by atoms with E-state index in [4.69, 9.17) is 4.74 Å². The molecule has 0 saturated heterocycles. The van der Waals surface area contributed by atoms with Crippen LogP contribution in [0.1, 0.15) is 29.5 Å². The molecule has 2 rings (SSSR count). The molecule has 25 heavy (non-hydrogen) atoms. The second-order valence-corrected chi connectivity index (χ2v) is 7.48. The maximum Gasteiger partial charge on any atom is 0.341 e. The summed E-state index contributed by atoms with van der Waals surface area (Å²) in [5.74, 6) is -1.57. The summed E-state index contributed by atoms with van der Waals surface area (Å²) >= 11 is 0. The molecule has 0 saturated carbocycles. The Morgan fingerprint density at radius 3 is 2.72 bits per heavy atom. The number of nitrogens with zero attached hydrogens (tertiary/aromatic N) is 5. The topological polar surface area (TPSA) is 107 Å². The molecule has 1 aromatic carbocycles. The van der Waals surface area contributed by atoms with E-state index in [1.807, 2.05) is 6.92 Å². The maximum atomic E-state index is 13.9. The van der Waals surface area contributed by atoms with E-state index in [2.05, 4.69) is 15.5 Å². The molecule has 1 heterocycles. The lowest BCUT2D eigenvalue weighted by molar-refractivity contribution is 0.0450. The molecule has 0 aliphatic carbocycles. The van der Waals surface area contributed by atoms with E-state index in [0.717, 1.165) is 28.9 Å². The van der Waals surface area contributed by atoms with Crippen LogP contribution in [0, 0.1) is 5.82 Å². The van der Waals surface area contributed by atoms with Crippen molar-refractivity contribution in [3.05, 3.63) is 35.4 Å². The Morgan fingerprint density at radius 1 is 1.36 bits per heavy atom. The molecule has 0 aliphatic rings. The highest BCUT2D eigenvalue weighted by molar-refractivity contribution is 7.89. The highest BCUT2D eigenvalue weighted by atomic mass is 32.2. The number of esters is 1. The number of aryl methyl sites for hydroxylation is 1. The van der Waals surface area contributed by atoms with Crippen LogP contribution < -0.4 is 0 Å². The van der Waals surface area contributed by atoms with Crippen molar-refractivity contribution in [2.45, 2.75) is 31.4 Å². The number of hydrogen-bond donors (Lipinski definition) is 0. The molecule has 0 amide bonds. The maximum absolute atomic E-state index is 13.9. The van der Waals surface area contributed by atoms with Gasteiger partial charge in [0.1, 0.15) is 5.82 Å². The average molecular weight is 371 g/mol. The summed E-state index contributed by atoms with van der Waals surface area (Å²) < 4.78 is 45.6. The van der Waals surface area contributed by atoms with Crippen LogP contribution in [0.3, 0.4) is 0 Å². The van der Waals surface area contributed by atoms with Gasteiger partial charge < -0.3 is 4.74 Å². The van der Waals surface area contributed by atoms with E-state index in [-0.39, 0.29) is 11.5 Å². The summed E-state index contributed by atoms with van der Waals surface area (Å²) in [4.78, 5) is 11.9. The Labute approximate surface area is 144 Å². The predicted molar refractivity (Wildman–Crippen MR) is 84.5 cm³/mol. The summed E-state index contributed by atoms with van der Waals surface area (Å²) in [6.07, 6.45) is 0.783. The minimum absolute atomic E-state index is 0.207. The van der Waals surface area contributed by atoms with Crippen LogP contribution in [0.2, 0.25) is 0 Å². The molecule has 0 fully saturated rings. The molecule has 9 nitrogen and oxygen atoms in total. The van der Waals surface area contributed by atoms with Crippen LogP contribution >= 0.6 is 0 Å². The number of sulfonamides is 1. The lowest BCUT2D eigenvalue weighted by Crippen LogP contribution is -2.23. The van der Waals surface area contributed by atoms with Gasteiger partial charge in [0.25, 0.3) is 0 Å². The van der Waals surface area contributed by atoms with E-state index in [9.17, 15) is 17.6 Å². The van der Waals surface area contributed by atoms with Crippen molar-refractivity contribution < 1.29 is 22.3 Å². The molecular weight excluding hydrogens is 353 g/mol. The van der Waals surface area contributed by atoms with Gasteiger partial charge >= 0.3 is 5.97 Å². The van der Waals surface area contributed by atoms with Gasteiger partial charge in [0.15, 0.2) is 12.4 Å². The van der Waals surface area contributed by atoms with Crippen LogP contribution in [0.4, 0.5) is 4.39 Å². The van der Waals surface area contributed by atoms with Gasteiger partial charge in [-0.3, -0.25) is 0 Å². The van der Waals surface area contributed by atoms with Gasteiger partial charge in [-0.05, 0) is 35.0 Å². The largest absolute Gasteiger partial charge is 0.454 e. The Hall–Kier alpha value is -2.40. The minimum atomic E-state index is -3.80. The SMILES string of the molecule is CCCn1nnnc1COC(=O)c1cc(S(=O)(=O)N(C)C)ccc1F. The van der Waals surface area contributed by atoms with Crippen molar-refractivity contribution >= 4 is 16.0 Å². The van der Waals surface area contributed by atoms with Gasteiger partial charge in [-0.1, -0.05) is 6.92 Å². The first-order valence-corrected chi connectivity index (χ1v) is 8.85. The van der Waals surface area contributed by atoms with Crippen molar-refractivity contribution in [1.29, 1.82) is 0 Å². The Kier molecular flexibility index (Phi) is 5.80. The number of halogens is 1. The van der Waals surface area contributed by atoms with Crippen molar-refractivity contribution in [2.75, 3.05) is 14.1 Å². The third-order valence-electron chi connectivity index (χ3n) is 3.31. The summed E-state index contributed by atoms with van der Waals surface area (Å²) in [7, 11) is -1.12. The molecule has 0 spiro atoms. The minimum Gasteiger partial charge on any atom is -0.454 e. The predicted octanol–water partition coefficient (Wildman–Crippen LogP) is 0.829. The van der Waals surface area contributed by atoms with Crippen molar-refractivity contribution in [3.8, 4) is 0 Å². The number of ether oxygens (including phenoxy) is 1. The quantitative estimate of drug-likeness (QED) is 0.663. The molecule has 136 valence electrons. The smallest absolute Gasteiger partial charge is 0.341 e. The zero-order chi connectivity index (χ0) is 18.6. The first kappa shape index (κ1) is 18.9. The number of rotatable bonds is 7. The number of carbonyl (C=O) groups is 1. The standard InChI is InChI=1S/C14H18FN5O4S/c1-4-7-20-13(16-17-18-20)9-24-14(21)11-8-10(5-6-12(11)15)25(22,23)19(2)3/h5-6,8H,4,7,9H2,1-3H3. The molecule has 0 atom stereocenters. The van der Waals surface area contributed by atoms with E-state index in [1.165, 1.54) is 18.8 Å². The molecular formula is C14H18FN5O4S. The molecule has 0 unspecified atom stereocenters. The van der Waals surface area contributed by atoms with Crippen molar-refractivity contribution in [3.63, 3.8) is 0 Å². The van der Waals surface area contributed by atoms with Crippen LogP contribution in [0.25, 0.3) is 0 Å². The van der Waals surface area contributed by atoms with Crippen LogP contribution in [-0.4, -0.2) is 53.0 Å². The zero-order valence-electron chi connectivity index (χ0n) is 14.0. The third kappa shape index (κ3) is 4.17. The molecule has 1 aromatic heterocycles. The third-order valence-corrected chi connectivity index (χ3v) is 5.12. The number of tetrazole rings is 1. The number of benzene rings is 1. The summed E-state index contributed by atoms with van der Waals surface area (Å²) in [6, 6.07) is 2.94. The van der Waals surface area contributed by atoms with Crippen LogP contribution in [-0.2, 0) is 27.9 Å². The second kappa shape index (κ2) is 7.66. The summed E-state index contributed by atoms with van der Waals surface area (Å²) in [6.45, 7) is 2.23. The fourth-order valence-electron chi connectivity index (χ4n) is 1.95. The normalized spacial score (nSPS) is 11.7. The number of hydrogen-bond acceptors (Lipinski definition) is 7. The van der Waals surface area contributed by atoms with Gasteiger partial charge in [0.05, 0.1) is 10.5 Å². The molecule has 2 aromatic rings. The van der Waals surface area contributed by atoms with Gasteiger partial charge in [-0.15, -0.1) is 5.10 Å². The van der Waals surface area contributed by atoms with E-state index in [1.54, 1.807) is 0 Å². The van der Waals surface area contributed by atoms with Crippen LogP contribution in [0.5, 0.6) is 0 Å². The highest BCUT2D eigenvalue weighted by Crippen LogP contribution is 2.18.